The van der Waals surface area contributed by atoms with Gasteiger partial charge in [-0.25, -0.2) is 0 Å². The molecule has 0 spiro atoms. The molecule has 0 saturated heterocycles. The number of aromatic nitrogens is 1. The highest BCUT2D eigenvalue weighted by Crippen LogP contribution is 2.38. The molecule has 1 aromatic heterocycles. The zero-order chi connectivity index (χ0) is 19.1. The van der Waals surface area contributed by atoms with E-state index in [4.69, 9.17) is 0 Å². The number of rotatable bonds is 7. The van der Waals surface area contributed by atoms with Crippen molar-refractivity contribution in [1.29, 1.82) is 0 Å². The number of pyridine rings is 1. The van der Waals surface area contributed by atoms with Crippen molar-refractivity contribution < 1.29 is 4.79 Å². The van der Waals surface area contributed by atoms with Crippen molar-refractivity contribution in [2.45, 2.75) is 70.3 Å². The van der Waals surface area contributed by atoms with Crippen LogP contribution in [0.15, 0.2) is 24.4 Å². The van der Waals surface area contributed by atoms with Crippen molar-refractivity contribution in [2.75, 3.05) is 20.6 Å². The van der Waals surface area contributed by atoms with Gasteiger partial charge in [-0.1, -0.05) is 25.3 Å². The van der Waals surface area contributed by atoms with Gasteiger partial charge >= 0.3 is 0 Å². The van der Waals surface area contributed by atoms with Crippen LogP contribution in [-0.4, -0.2) is 36.4 Å². The molecule has 27 heavy (non-hydrogen) atoms. The first-order chi connectivity index (χ1) is 13.1. The van der Waals surface area contributed by atoms with Crippen LogP contribution in [0.25, 0.3) is 0 Å². The third-order valence-electron chi connectivity index (χ3n) is 6.67. The van der Waals surface area contributed by atoms with Crippen LogP contribution in [0.5, 0.6) is 0 Å². The number of hydrogen-bond acceptors (Lipinski definition) is 3. The van der Waals surface area contributed by atoms with Crippen LogP contribution in [0.2, 0.25) is 0 Å². The van der Waals surface area contributed by atoms with Crippen LogP contribution in [0.1, 0.15) is 75.9 Å². The van der Waals surface area contributed by atoms with Gasteiger partial charge in [0.05, 0.1) is 11.7 Å². The van der Waals surface area contributed by atoms with Crippen molar-refractivity contribution in [3.05, 3.63) is 30.1 Å². The summed E-state index contributed by atoms with van der Waals surface area (Å²) in [6.07, 6.45) is 14.0. The van der Waals surface area contributed by atoms with E-state index in [1.165, 1.54) is 63.5 Å². The lowest BCUT2D eigenvalue weighted by molar-refractivity contribution is -0.122. The first kappa shape index (κ1) is 20.3. The minimum absolute atomic E-state index is 0.281. The molecular formula is C23H37N3O. The Morgan fingerprint density at radius 3 is 2.44 bits per heavy atom. The van der Waals surface area contributed by atoms with Crippen molar-refractivity contribution in [3.8, 4) is 0 Å². The molecule has 3 rings (SSSR count). The number of carbonyl (C=O) groups is 1. The SMILES string of the molecule is CN(C)[C@@H](c1ccccn1)C1CCC(CNC(=O)CC2CCCCC2)CC1. The maximum absolute atomic E-state index is 12.3. The average molecular weight is 372 g/mol. The Morgan fingerprint density at radius 2 is 1.81 bits per heavy atom. The summed E-state index contributed by atoms with van der Waals surface area (Å²) < 4.78 is 0. The van der Waals surface area contributed by atoms with Gasteiger partial charge in [0.1, 0.15) is 0 Å². The van der Waals surface area contributed by atoms with Crippen LogP contribution in [0.3, 0.4) is 0 Å². The van der Waals surface area contributed by atoms with Gasteiger partial charge in [0, 0.05) is 19.2 Å². The molecule has 1 heterocycles. The molecule has 1 atom stereocenters. The molecule has 2 aliphatic rings. The minimum atomic E-state index is 0.281. The van der Waals surface area contributed by atoms with Gasteiger partial charge < -0.3 is 10.2 Å². The second-order valence-corrected chi connectivity index (χ2v) is 8.96. The Hall–Kier alpha value is -1.42. The largest absolute Gasteiger partial charge is 0.356 e. The molecule has 4 heteroatoms. The third kappa shape index (κ3) is 6.03. The molecule has 1 amide bonds. The number of amides is 1. The Morgan fingerprint density at radius 1 is 1.07 bits per heavy atom. The summed E-state index contributed by atoms with van der Waals surface area (Å²) in [6.45, 7) is 0.870. The van der Waals surface area contributed by atoms with E-state index >= 15 is 0 Å². The summed E-state index contributed by atoms with van der Waals surface area (Å²) in [4.78, 5) is 19.2. The van der Waals surface area contributed by atoms with E-state index in [1.54, 1.807) is 0 Å². The van der Waals surface area contributed by atoms with Gasteiger partial charge in [-0.05, 0) is 82.5 Å². The number of hydrogen-bond donors (Lipinski definition) is 1. The molecule has 1 N–H and O–H groups in total. The number of nitrogens with one attached hydrogen (secondary N) is 1. The van der Waals surface area contributed by atoms with E-state index in [0.717, 1.165) is 13.0 Å². The van der Waals surface area contributed by atoms with E-state index < -0.39 is 0 Å². The van der Waals surface area contributed by atoms with Gasteiger partial charge in [0.25, 0.3) is 0 Å². The molecule has 1 aromatic rings. The van der Waals surface area contributed by atoms with Crippen LogP contribution < -0.4 is 5.32 Å². The number of carbonyl (C=O) groups excluding carboxylic acids is 1. The predicted octanol–water partition coefficient (Wildman–Crippen LogP) is 4.58. The van der Waals surface area contributed by atoms with E-state index in [9.17, 15) is 4.79 Å². The summed E-state index contributed by atoms with van der Waals surface area (Å²) in [5.74, 6) is 2.21. The normalized spacial score (nSPS) is 25.3. The van der Waals surface area contributed by atoms with E-state index in [0.29, 0.717) is 23.8 Å². The van der Waals surface area contributed by atoms with Crippen molar-refractivity contribution in [2.24, 2.45) is 17.8 Å². The Bertz CT molecular complexity index is 560. The maximum Gasteiger partial charge on any atom is 0.220 e. The monoisotopic (exact) mass is 371 g/mol. The topological polar surface area (TPSA) is 45.2 Å². The molecule has 0 unspecified atom stereocenters. The molecule has 0 aliphatic heterocycles. The van der Waals surface area contributed by atoms with Gasteiger partial charge in [-0.2, -0.15) is 0 Å². The highest BCUT2D eigenvalue weighted by molar-refractivity contribution is 5.76. The second-order valence-electron chi connectivity index (χ2n) is 8.96. The molecule has 150 valence electrons. The maximum atomic E-state index is 12.3. The highest BCUT2D eigenvalue weighted by atomic mass is 16.1. The molecule has 4 nitrogen and oxygen atoms in total. The Kier molecular flexibility index (Phi) is 7.69. The first-order valence-corrected chi connectivity index (χ1v) is 11.0. The van der Waals surface area contributed by atoms with Crippen molar-refractivity contribution in [1.82, 2.24) is 15.2 Å². The predicted molar refractivity (Wildman–Crippen MR) is 110 cm³/mol. The third-order valence-corrected chi connectivity index (χ3v) is 6.67. The quantitative estimate of drug-likeness (QED) is 0.763. The smallest absolute Gasteiger partial charge is 0.220 e. The summed E-state index contributed by atoms with van der Waals surface area (Å²) in [6, 6.07) is 6.63. The standard InChI is InChI=1S/C23H37N3O/c1-26(2)23(21-10-6-7-15-24-21)20-13-11-19(12-14-20)17-25-22(27)16-18-8-4-3-5-9-18/h6-7,10,15,18-20,23H,3-5,8-9,11-14,16-17H2,1-2H3,(H,25,27)/t19?,20?,23-/m1/s1. The minimum Gasteiger partial charge on any atom is -0.356 e. The van der Waals surface area contributed by atoms with Gasteiger partial charge in [-0.3, -0.25) is 9.78 Å². The summed E-state index contributed by atoms with van der Waals surface area (Å²) in [5.41, 5.74) is 1.19. The molecule has 2 fully saturated rings. The number of nitrogens with zero attached hydrogens (tertiary/aromatic N) is 2. The molecule has 2 aliphatic carbocycles. The zero-order valence-corrected chi connectivity index (χ0v) is 17.2. The zero-order valence-electron chi connectivity index (χ0n) is 17.2. The van der Waals surface area contributed by atoms with Gasteiger partial charge in [-0.15, -0.1) is 0 Å². The summed E-state index contributed by atoms with van der Waals surface area (Å²) in [5, 5.41) is 3.24. The summed E-state index contributed by atoms with van der Waals surface area (Å²) >= 11 is 0. The molecular weight excluding hydrogens is 334 g/mol. The lowest BCUT2D eigenvalue weighted by Crippen LogP contribution is -2.35. The molecule has 0 bridgehead atoms. The average Bonchev–Trinajstić information content (AvgIpc) is 2.69. The van der Waals surface area contributed by atoms with E-state index in [2.05, 4.69) is 41.4 Å². The van der Waals surface area contributed by atoms with Crippen LogP contribution in [0, 0.1) is 17.8 Å². The summed E-state index contributed by atoms with van der Waals surface area (Å²) in [7, 11) is 4.33. The van der Waals surface area contributed by atoms with E-state index in [1.807, 2.05) is 12.3 Å². The van der Waals surface area contributed by atoms with Crippen LogP contribution >= 0.6 is 0 Å². The highest BCUT2D eigenvalue weighted by Gasteiger charge is 2.30. The fourth-order valence-corrected chi connectivity index (χ4v) is 5.17. The molecule has 2 saturated carbocycles. The van der Waals surface area contributed by atoms with Crippen LogP contribution in [0.4, 0.5) is 0 Å². The Labute approximate surface area is 165 Å². The van der Waals surface area contributed by atoms with E-state index in [-0.39, 0.29) is 5.91 Å². The fourth-order valence-electron chi connectivity index (χ4n) is 5.17. The van der Waals surface area contributed by atoms with Crippen molar-refractivity contribution >= 4 is 5.91 Å². The second kappa shape index (κ2) is 10.2. The Balaban J connectivity index is 1.42. The van der Waals surface area contributed by atoms with Crippen LogP contribution in [-0.2, 0) is 4.79 Å². The van der Waals surface area contributed by atoms with Crippen molar-refractivity contribution in [3.63, 3.8) is 0 Å². The lowest BCUT2D eigenvalue weighted by Gasteiger charge is -2.37. The molecule has 0 radical (unpaired) electrons. The molecule has 0 aromatic carbocycles. The van der Waals surface area contributed by atoms with Gasteiger partial charge in [0.15, 0.2) is 0 Å². The van der Waals surface area contributed by atoms with Gasteiger partial charge in [0.2, 0.25) is 5.91 Å². The first-order valence-electron chi connectivity index (χ1n) is 11.0. The lowest BCUT2D eigenvalue weighted by atomic mass is 9.77. The fraction of sp³-hybridized carbons (Fsp3) is 0.739.